The number of nitrogens with one attached hydrogen (secondary N) is 1. The van der Waals surface area contributed by atoms with Gasteiger partial charge in [-0.1, -0.05) is 30.3 Å². The number of alkyl halides is 1. The van der Waals surface area contributed by atoms with Crippen molar-refractivity contribution in [2.45, 2.75) is 6.42 Å². The van der Waals surface area contributed by atoms with Crippen LogP contribution in [0.1, 0.15) is 5.56 Å². The van der Waals surface area contributed by atoms with Crippen molar-refractivity contribution in [1.29, 1.82) is 0 Å². The topological polar surface area (TPSA) is 37.8 Å². The van der Waals surface area contributed by atoms with E-state index in [0.29, 0.717) is 11.8 Å². The highest BCUT2D eigenvalue weighted by Gasteiger charge is 2.00. The van der Waals surface area contributed by atoms with Crippen LogP contribution >= 0.6 is 11.6 Å². The summed E-state index contributed by atoms with van der Waals surface area (Å²) in [5.41, 5.74) is 3.13. The molecule has 3 aromatic rings. The van der Waals surface area contributed by atoms with Gasteiger partial charge in [-0.3, -0.25) is 0 Å². The third-order valence-electron chi connectivity index (χ3n) is 3.08. The highest BCUT2D eigenvalue weighted by Crippen LogP contribution is 2.17. The largest absolute Gasteiger partial charge is 0.324 e. The molecule has 4 heteroatoms. The average Bonchev–Trinajstić information content (AvgIpc) is 2.49. The number of nitrogens with zero attached hydrogens (tertiary/aromatic N) is 2. The second-order valence-electron chi connectivity index (χ2n) is 4.51. The first-order valence-electron chi connectivity index (χ1n) is 6.49. The summed E-state index contributed by atoms with van der Waals surface area (Å²) < 4.78 is 0. The molecule has 0 amide bonds. The molecule has 0 saturated carbocycles. The Bertz CT molecular complexity index is 710. The number of aryl methyl sites for hydroxylation is 1. The van der Waals surface area contributed by atoms with Gasteiger partial charge in [0.1, 0.15) is 0 Å². The molecule has 3 rings (SSSR count). The Labute approximate surface area is 122 Å². The molecule has 1 aromatic heterocycles. The first-order chi connectivity index (χ1) is 9.85. The molecule has 1 heterocycles. The summed E-state index contributed by atoms with van der Waals surface area (Å²) in [5, 5.41) is 4.25. The lowest BCUT2D eigenvalue weighted by molar-refractivity contribution is 1.15. The number of rotatable bonds is 4. The fourth-order valence-corrected chi connectivity index (χ4v) is 2.24. The summed E-state index contributed by atoms with van der Waals surface area (Å²) in [6, 6.07) is 16.1. The Morgan fingerprint density at radius 3 is 2.60 bits per heavy atom. The quantitative estimate of drug-likeness (QED) is 0.731. The average molecular weight is 284 g/mol. The number of anilines is 2. The Balaban J connectivity index is 1.81. The minimum absolute atomic E-state index is 0.605. The standard InChI is InChI=1S/C16H14ClN3/c17-10-9-12-5-7-14(8-6-12)19-16-18-11-13-3-1-2-4-15(13)20-16/h1-8,11H,9-10H2,(H,18,19,20). The molecule has 3 nitrogen and oxygen atoms in total. The van der Waals surface area contributed by atoms with Gasteiger partial charge in [-0.25, -0.2) is 9.97 Å². The normalized spacial score (nSPS) is 10.7. The molecule has 0 bridgehead atoms. The number of hydrogen-bond donors (Lipinski definition) is 1. The summed E-state index contributed by atoms with van der Waals surface area (Å²) in [7, 11) is 0. The predicted molar refractivity (Wildman–Crippen MR) is 83.7 cm³/mol. The molecular weight excluding hydrogens is 270 g/mol. The van der Waals surface area contributed by atoms with Crippen LogP contribution in [0.4, 0.5) is 11.6 Å². The van der Waals surface area contributed by atoms with E-state index in [1.165, 1.54) is 5.56 Å². The smallest absolute Gasteiger partial charge is 0.227 e. The molecule has 0 fully saturated rings. The Morgan fingerprint density at radius 2 is 1.80 bits per heavy atom. The first-order valence-corrected chi connectivity index (χ1v) is 7.02. The second kappa shape index (κ2) is 5.88. The highest BCUT2D eigenvalue weighted by atomic mass is 35.5. The van der Waals surface area contributed by atoms with E-state index in [-0.39, 0.29) is 0 Å². The zero-order chi connectivity index (χ0) is 13.8. The van der Waals surface area contributed by atoms with E-state index in [9.17, 15) is 0 Å². The van der Waals surface area contributed by atoms with Crippen LogP contribution in [0.2, 0.25) is 0 Å². The minimum atomic E-state index is 0.605. The third-order valence-corrected chi connectivity index (χ3v) is 3.27. The van der Waals surface area contributed by atoms with Gasteiger partial charge in [0, 0.05) is 23.2 Å². The molecule has 0 spiro atoms. The molecule has 0 atom stereocenters. The second-order valence-corrected chi connectivity index (χ2v) is 4.89. The van der Waals surface area contributed by atoms with Gasteiger partial charge in [-0.15, -0.1) is 11.6 Å². The fourth-order valence-electron chi connectivity index (χ4n) is 2.03. The van der Waals surface area contributed by atoms with Gasteiger partial charge >= 0.3 is 0 Å². The molecular formula is C16H14ClN3. The number of aromatic nitrogens is 2. The van der Waals surface area contributed by atoms with E-state index in [1.807, 2.05) is 42.6 Å². The first kappa shape index (κ1) is 12.9. The van der Waals surface area contributed by atoms with Crippen LogP contribution in [-0.2, 0) is 6.42 Å². The van der Waals surface area contributed by atoms with Crippen LogP contribution in [0.5, 0.6) is 0 Å². The maximum atomic E-state index is 5.73. The molecule has 0 saturated heterocycles. The van der Waals surface area contributed by atoms with Gasteiger partial charge in [0.25, 0.3) is 0 Å². The van der Waals surface area contributed by atoms with Crippen LogP contribution in [0.25, 0.3) is 10.9 Å². The van der Waals surface area contributed by atoms with Crippen molar-refractivity contribution >= 4 is 34.1 Å². The zero-order valence-corrected chi connectivity index (χ0v) is 11.6. The molecule has 0 unspecified atom stereocenters. The lowest BCUT2D eigenvalue weighted by Gasteiger charge is -2.06. The Hall–Kier alpha value is -2.13. The van der Waals surface area contributed by atoms with E-state index in [0.717, 1.165) is 23.0 Å². The van der Waals surface area contributed by atoms with Crippen molar-refractivity contribution in [1.82, 2.24) is 9.97 Å². The molecule has 1 N–H and O–H groups in total. The number of halogens is 1. The number of benzene rings is 2. The van der Waals surface area contributed by atoms with Crippen LogP contribution in [-0.4, -0.2) is 15.8 Å². The van der Waals surface area contributed by atoms with Gasteiger partial charge < -0.3 is 5.32 Å². The summed E-state index contributed by atoms with van der Waals surface area (Å²) >= 11 is 5.73. The van der Waals surface area contributed by atoms with Crippen molar-refractivity contribution < 1.29 is 0 Å². The van der Waals surface area contributed by atoms with Crippen LogP contribution < -0.4 is 5.32 Å². The fraction of sp³-hybridized carbons (Fsp3) is 0.125. The number of para-hydroxylation sites is 1. The summed E-state index contributed by atoms with van der Waals surface area (Å²) in [6.07, 6.45) is 2.71. The van der Waals surface area contributed by atoms with Gasteiger partial charge in [-0.05, 0) is 30.2 Å². The van der Waals surface area contributed by atoms with Crippen molar-refractivity contribution in [3.8, 4) is 0 Å². The minimum Gasteiger partial charge on any atom is -0.324 e. The maximum absolute atomic E-state index is 5.73. The van der Waals surface area contributed by atoms with Crippen LogP contribution in [0.15, 0.2) is 54.7 Å². The van der Waals surface area contributed by atoms with Crippen LogP contribution in [0, 0.1) is 0 Å². The highest BCUT2D eigenvalue weighted by molar-refractivity contribution is 6.17. The van der Waals surface area contributed by atoms with E-state index in [2.05, 4.69) is 27.4 Å². The summed E-state index contributed by atoms with van der Waals surface area (Å²) in [4.78, 5) is 8.80. The lowest BCUT2D eigenvalue weighted by atomic mass is 10.1. The molecule has 2 aromatic carbocycles. The number of fused-ring (bicyclic) bond motifs is 1. The van der Waals surface area contributed by atoms with Crippen LogP contribution in [0.3, 0.4) is 0 Å². The molecule has 0 aliphatic rings. The Morgan fingerprint density at radius 1 is 1.00 bits per heavy atom. The zero-order valence-electron chi connectivity index (χ0n) is 10.9. The maximum Gasteiger partial charge on any atom is 0.227 e. The monoisotopic (exact) mass is 283 g/mol. The van der Waals surface area contributed by atoms with Gasteiger partial charge in [0.05, 0.1) is 5.52 Å². The van der Waals surface area contributed by atoms with Crippen molar-refractivity contribution in [2.24, 2.45) is 0 Å². The molecule has 0 aliphatic carbocycles. The predicted octanol–water partition coefficient (Wildman–Crippen LogP) is 4.15. The summed E-state index contributed by atoms with van der Waals surface area (Å²) in [5.74, 6) is 1.24. The van der Waals surface area contributed by atoms with Gasteiger partial charge in [0.15, 0.2) is 0 Å². The van der Waals surface area contributed by atoms with Crippen molar-refractivity contribution in [3.05, 3.63) is 60.3 Å². The van der Waals surface area contributed by atoms with Gasteiger partial charge in [0.2, 0.25) is 5.95 Å². The molecule has 20 heavy (non-hydrogen) atoms. The van der Waals surface area contributed by atoms with E-state index in [1.54, 1.807) is 0 Å². The SMILES string of the molecule is ClCCc1ccc(Nc2ncc3ccccc3n2)cc1. The number of hydrogen-bond acceptors (Lipinski definition) is 3. The van der Waals surface area contributed by atoms with E-state index in [4.69, 9.17) is 11.6 Å². The molecule has 100 valence electrons. The molecule has 0 radical (unpaired) electrons. The Kier molecular flexibility index (Phi) is 3.79. The van der Waals surface area contributed by atoms with Gasteiger partial charge in [-0.2, -0.15) is 0 Å². The van der Waals surface area contributed by atoms with E-state index >= 15 is 0 Å². The molecule has 0 aliphatic heterocycles. The van der Waals surface area contributed by atoms with E-state index < -0.39 is 0 Å². The van der Waals surface area contributed by atoms with Crippen molar-refractivity contribution in [2.75, 3.05) is 11.2 Å². The summed E-state index contributed by atoms with van der Waals surface area (Å²) in [6.45, 7) is 0. The lowest BCUT2D eigenvalue weighted by Crippen LogP contribution is -1.97. The third kappa shape index (κ3) is 2.89. The van der Waals surface area contributed by atoms with Crippen molar-refractivity contribution in [3.63, 3.8) is 0 Å².